The zero-order chi connectivity index (χ0) is 14.3. The van der Waals surface area contributed by atoms with Gasteiger partial charge in [-0.25, -0.2) is 13.6 Å². The van der Waals surface area contributed by atoms with Crippen molar-refractivity contribution >= 4 is 44.0 Å². The van der Waals surface area contributed by atoms with Gasteiger partial charge < -0.3 is 10.5 Å². The van der Waals surface area contributed by atoms with E-state index in [0.717, 1.165) is 6.42 Å². The second-order valence-electron chi connectivity index (χ2n) is 3.91. The van der Waals surface area contributed by atoms with E-state index in [4.69, 9.17) is 5.14 Å². The molecule has 0 radical (unpaired) electrons. The number of sulfonamides is 1. The third kappa shape index (κ3) is 2.94. The Balaban J connectivity index is 2.49. The Kier molecular flexibility index (Phi) is 3.93. The van der Waals surface area contributed by atoms with Gasteiger partial charge in [-0.05, 0) is 12.5 Å². The average Bonchev–Trinajstić information content (AvgIpc) is 2.74. The van der Waals surface area contributed by atoms with Crippen LogP contribution in [0.1, 0.15) is 18.9 Å². The van der Waals surface area contributed by atoms with Gasteiger partial charge in [0.05, 0.1) is 16.7 Å². The molecule has 0 saturated heterocycles. The maximum Gasteiger partial charge on any atom is 0.247 e. The lowest BCUT2D eigenvalue weighted by Gasteiger charge is -2.31. The molecule has 10 heteroatoms. The number of hydrogen-bond acceptors (Lipinski definition) is 7. The summed E-state index contributed by atoms with van der Waals surface area (Å²) in [6.07, 6.45) is 0.875. The molecule has 2 heterocycles. The first-order valence-corrected chi connectivity index (χ1v) is 8.58. The van der Waals surface area contributed by atoms with Crippen LogP contribution in [-0.2, 0) is 10.0 Å². The molecule has 0 spiro atoms. The van der Waals surface area contributed by atoms with Gasteiger partial charge in [0, 0.05) is 6.54 Å². The number of hydrogen-bond donors (Lipinski definition) is 3. The minimum Gasteiger partial charge on any atom is -0.580 e. The van der Waals surface area contributed by atoms with E-state index in [2.05, 4.69) is 5.32 Å². The number of nitrogens with one attached hydrogen (secondary N) is 1. The molecule has 0 saturated carbocycles. The van der Waals surface area contributed by atoms with Gasteiger partial charge in [-0.3, -0.25) is 0 Å². The maximum atomic E-state index is 11.9. The van der Waals surface area contributed by atoms with Crippen LogP contribution in [0.4, 0.5) is 5.00 Å². The minimum absolute atomic E-state index is 0.00451. The van der Waals surface area contributed by atoms with Crippen molar-refractivity contribution in [2.45, 2.75) is 17.6 Å². The summed E-state index contributed by atoms with van der Waals surface area (Å²) < 4.78 is 20.8. The molecule has 0 amide bonds. The van der Waals surface area contributed by atoms with E-state index in [9.17, 15) is 18.8 Å². The highest BCUT2D eigenvalue weighted by molar-refractivity contribution is 8.02. The molecular formula is C9H13N3O4S3. The first kappa shape index (κ1) is 14.8. The highest BCUT2D eigenvalue weighted by Crippen LogP contribution is 2.47. The normalized spacial score (nSPS) is 22.8. The van der Waals surface area contributed by atoms with Gasteiger partial charge in [0.25, 0.3) is 0 Å². The van der Waals surface area contributed by atoms with Crippen LogP contribution in [0.25, 0.3) is 5.70 Å². The SMILES string of the molecule is CCCNC1=CS[N+]([O-])(O)c2sc(S(N)(=O)=O)cc21. The zero-order valence-electron chi connectivity index (χ0n) is 9.99. The molecule has 0 aromatic carbocycles. The highest BCUT2D eigenvalue weighted by Gasteiger charge is 2.35. The number of fused-ring (bicyclic) bond motifs is 1. The van der Waals surface area contributed by atoms with Gasteiger partial charge in [0.2, 0.25) is 15.0 Å². The predicted octanol–water partition coefficient (Wildman–Crippen LogP) is 1.55. The van der Waals surface area contributed by atoms with E-state index in [0.29, 0.717) is 41.1 Å². The summed E-state index contributed by atoms with van der Waals surface area (Å²) in [6.45, 7) is 2.66. The largest absolute Gasteiger partial charge is 0.580 e. The molecule has 106 valence electrons. The van der Waals surface area contributed by atoms with E-state index in [1.54, 1.807) is 0 Å². The van der Waals surface area contributed by atoms with Crippen molar-refractivity contribution in [3.63, 3.8) is 0 Å². The molecule has 2 rings (SSSR count). The summed E-state index contributed by atoms with van der Waals surface area (Å²) in [5.74, 6) is 0. The quantitative estimate of drug-likeness (QED) is 0.440. The lowest BCUT2D eigenvalue weighted by atomic mass is 10.2. The van der Waals surface area contributed by atoms with Crippen LogP contribution in [0.3, 0.4) is 0 Å². The minimum atomic E-state index is -3.90. The third-order valence-electron chi connectivity index (χ3n) is 2.40. The zero-order valence-corrected chi connectivity index (χ0v) is 12.4. The van der Waals surface area contributed by atoms with Crippen molar-refractivity contribution in [3.8, 4) is 0 Å². The molecule has 1 atom stereocenters. The summed E-state index contributed by atoms with van der Waals surface area (Å²) in [7, 11) is -3.90. The lowest BCUT2D eigenvalue weighted by molar-refractivity contribution is 0.0780. The van der Waals surface area contributed by atoms with Crippen molar-refractivity contribution in [1.29, 1.82) is 0 Å². The summed E-state index contributed by atoms with van der Waals surface area (Å²) in [5, 5.41) is 31.2. The first-order valence-electron chi connectivity index (χ1n) is 5.38. The molecule has 1 aliphatic heterocycles. The monoisotopic (exact) mass is 323 g/mol. The smallest absolute Gasteiger partial charge is 0.247 e. The van der Waals surface area contributed by atoms with Crippen molar-refractivity contribution in [1.82, 2.24) is 9.53 Å². The summed E-state index contributed by atoms with van der Waals surface area (Å²) in [6, 6.07) is 1.31. The van der Waals surface area contributed by atoms with Crippen LogP contribution in [0.5, 0.6) is 0 Å². The second kappa shape index (κ2) is 5.05. The Morgan fingerprint density at radius 1 is 1.58 bits per heavy atom. The Morgan fingerprint density at radius 2 is 2.26 bits per heavy atom. The number of nitrogens with zero attached hydrogens (tertiary/aromatic N) is 1. The number of thiophene rings is 1. The number of primary sulfonamides is 1. The van der Waals surface area contributed by atoms with Gasteiger partial charge in [0.1, 0.15) is 16.2 Å². The summed E-state index contributed by atoms with van der Waals surface area (Å²) >= 11 is 1.31. The molecule has 0 fully saturated rings. The third-order valence-corrected chi connectivity index (χ3v) is 5.93. The van der Waals surface area contributed by atoms with Crippen LogP contribution in [0.2, 0.25) is 0 Å². The molecule has 19 heavy (non-hydrogen) atoms. The van der Waals surface area contributed by atoms with E-state index in [1.165, 1.54) is 11.5 Å². The van der Waals surface area contributed by atoms with Crippen LogP contribution in [0.15, 0.2) is 15.7 Å². The van der Waals surface area contributed by atoms with Crippen molar-refractivity contribution in [3.05, 3.63) is 22.2 Å². The van der Waals surface area contributed by atoms with Crippen LogP contribution in [-0.4, -0.2) is 20.2 Å². The molecule has 1 unspecified atom stereocenters. The van der Waals surface area contributed by atoms with Crippen molar-refractivity contribution < 1.29 is 13.6 Å². The van der Waals surface area contributed by atoms with Gasteiger partial charge in [-0.15, -0.1) is 4.21 Å². The number of quaternary nitrogens is 1. The predicted molar refractivity (Wildman–Crippen MR) is 76.5 cm³/mol. The lowest BCUT2D eigenvalue weighted by Crippen LogP contribution is -2.32. The summed E-state index contributed by atoms with van der Waals surface area (Å²) in [4.78, 5) is 0. The van der Waals surface area contributed by atoms with Crippen molar-refractivity contribution in [2.75, 3.05) is 6.54 Å². The van der Waals surface area contributed by atoms with Gasteiger partial charge in [-0.1, -0.05) is 18.3 Å². The Labute approximate surface area is 119 Å². The fraction of sp³-hybridized carbons (Fsp3) is 0.333. The van der Waals surface area contributed by atoms with Crippen LogP contribution >= 0.6 is 23.3 Å². The number of rotatable bonds is 4. The molecular weight excluding hydrogens is 310 g/mol. The van der Waals surface area contributed by atoms with Crippen LogP contribution < -0.4 is 14.7 Å². The Bertz CT molecular complexity index is 621. The topological polar surface area (TPSA) is 115 Å². The molecule has 7 nitrogen and oxygen atoms in total. The van der Waals surface area contributed by atoms with Crippen LogP contribution in [0, 0.1) is 5.21 Å². The second-order valence-corrected chi connectivity index (χ2v) is 7.67. The molecule has 0 aliphatic carbocycles. The van der Waals surface area contributed by atoms with E-state index in [1.807, 2.05) is 6.92 Å². The fourth-order valence-corrected chi connectivity index (χ4v) is 4.17. The molecule has 4 N–H and O–H groups in total. The average molecular weight is 323 g/mol. The highest BCUT2D eigenvalue weighted by atomic mass is 32.2. The van der Waals surface area contributed by atoms with Gasteiger partial charge >= 0.3 is 0 Å². The Morgan fingerprint density at radius 3 is 2.84 bits per heavy atom. The molecule has 1 aromatic rings. The Hall–Kier alpha value is -0.620. The molecule has 1 aromatic heterocycles. The fourth-order valence-electron chi connectivity index (χ4n) is 1.53. The standard InChI is InChI=1S/C9H13N3O4S3/c1-2-3-11-7-5-17-12(13,14)9-6(7)4-8(18-9)19(10,15)16/h4-5,11,13H,2-3H2,1H3,(H2,10,15,16). The van der Waals surface area contributed by atoms with E-state index in [-0.39, 0.29) is 9.21 Å². The number of nitrogens with two attached hydrogens (primary N) is 1. The molecule has 0 bridgehead atoms. The van der Waals surface area contributed by atoms with E-state index < -0.39 is 14.2 Å². The van der Waals surface area contributed by atoms with E-state index >= 15 is 0 Å². The maximum absolute atomic E-state index is 11.9. The first-order chi connectivity index (χ1) is 8.75. The van der Waals surface area contributed by atoms with Gasteiger partial charge in [-0.2, -0.15) is 5.21 Å². The summed E-state index contributed by atoms with van der Waals surface area (Å²) in [5.41, 5.74) is 0.991. The molecule has 1 aliphatic rings. The van der Waals surface area contributed by atoms with Gasteiger partial charge in [0.15, 0.2) is 0 Å². The van der Waals surface area contributed by atoms with Crippen molar-refractivity contribution in [2.24, 2.45) is 5.14 Å².